The number of aryl methyl sites for hydroxylation is 1. The minimum absolute atomic E-state index is 0.510. The third-order valence-corrected chi connectivity index (χ3v) is 4.20. The molecule has 0 fully saturated rings. The van der Waals surface area contributed by atoms with Crippen molar-refractivity contribution < 1.29 is 0 Å². The molecule has 24 heavy (non-hydrogen) atoms. The molecular formula is C18H16ClN5. The van der Waals surface area contributed by atoms with Gasteiger partial charge in [-0.3, -0.25) is 4.68 Å². The molecule has 0 aliphatic rings. The van der Waals surface area contributed by atoms with Crippen LogP contribution in [-0.4, -0.2) is 19.4 Å². The van der Waals surface area contributed by atoms with Crippen molar-refractivity contribution in [1.82, 2.24) is 19.4 Å². The van der Waals surface area contributed by atoms with Crippen LogP contribution in [0.2, 0.25) is 5.02 Å². The second-order valence-corrected chi connectivity index (χ2v) is 6.20. The van der Waals surface area contributed by atoms with Crippen LogP contribution < -0.4 is 5.73 Å². The molecule has 5 nitrogen and oxygen atoms in total. The van der Waals surface area contributed by atoms with Crippen molar-refractivity contribution in [3.05, 3.63) is 71.0 Å². The number of fused-ring (bicyclic) bond motifs is 1. The van der Waals surface area contributed by atoms with E-state index in [0.717, 1.165) is 28.2 Å². The largest absolute Gasteiger partial charge is 0.382 e. The average Bonchev–Trinajstić information content (AvgIpc) is 3.11. The van der Waals surface area contributed by atoms with E-state index in [-0.39, 0.29) is 0 Å². The molecular weight excluding hydrogens is 322 g/mol. The lowest BCUT2D eigenvalue weighted by molar-refractivity contribution is 0.639. The molecule has 4 aromatic rings. The zero-order valence-electron chi connectivity index (χ0n) is 13.1. The van der Waals surface area contributed by atoms with Crippen LogP contribution in [0.1, 0.15) is 11.4 Å². The van der Waals surface area contributed by atoms with Gasteiger partial charge in [0.05, 0.1) is 23.4 Å². The summed E-state index contributed by atoms with van der Waals surface area (Å²) in [6, 6.07) is 17.8. The molecule has 0 saturated carbocycles. The molecule has 0 unspecified atom stereocenters. The minimum Gasteiger partial charge on any atom is -0.382 e. The molecule has 0 atom stereocenters. The number of aromatic nitrogens is 4. The van der Waals surface area contributed by atoms with Gasteiger partial charge in [-0.1, -0.05) is 41.9 Å². The van der Waals surface area contributed by atoms with Crippen molar-refractivity contribution in [3.8, 4) is 11.3 Å². The summed E-state index contributed by atoms with van der Waals surface area (Å²) < 4.78 is 3.76. The highest BCUT2D eigenvalue weighted by Gasteiger charge is 2.11. The van der Waals surface area contributed by atoms with Crippen LogP contribution in [0.25, 0.3) is 16.8 Å². The summed E-state index contributed by atoms with van der Waals surface area (Å²) in [6.45, 7) is 2.53. The van der Waals surface area contributed by atoms with E-state index in [2.05, 4.69) is 5.10 Å². The molecule has 0 saturated heterocycles. The van der Waals surface area contributed by atoms with E-state index in [9.17, 15) is 0 Å². The van der Waals surface area contributed by atoms with E-state index >= 15 is 0 Å². The van der Waals surface area contributed by atoms with E-state index in [1.54, 1.807) is 0 Å². The van der Waals surface area contributed by atoms with Crippen molar-refractivity contribution in [1.29, 1.82) is 0 Å². The minimum atomic E-state index is 0.510. The maximum Gasteiger partial charge on any atom is 0.145 e. The van der Waals surface area contributed by atoms with Gasteiger partial charge in [0.15, 0.2) is 0 Å². The first-order chi connectivity index (χ1) is 11.6. The molecule has 120 valence electrons. The zero-order chi connectivity index (χ0) is 16.7. The van der Waals surface area contributed by atoms with Gasteiger partial charge < -0.3 is 5.73 Å². The van der Waals surface area contributed by atoms with Gasteiger partial charge in [-0.2, -0.15) is 10.2 Å². The third kappa shape index (κ3) is 2.63. The standard InChI is InChI=1S/C18H16ClN5/c1-12-7-18(20)22-23(12)11-16-9-14(19)8-15-10-17(21-24(15)16)13-5-3-2-4-6-13/h2-10H,11H2,1H3,(H2,20,22). The number of hydrogen-bond donors (Lipinski definition) is 1. The normalized spacial score (nSPS) is 11.2. The summed E-state index contributed by atoms with van der Waals surface area (Å²) in [5, 5.41) is 9.74. The maximum absolute atomic E-state index is 6.29. The topological polar surface area (TPSA) is 61.1 Å². The number of nitrogens with two attached hydrogens (primary N) is 1. The first-order valence-electron chi connectivity index (χ1n) is 7.64. The van der Waals surface area contributed by atoms with Crippen LogP contribution in [0.15, 0.2) is 54.6 Å². The van der Waals surface area contributed by atoms with Crippen LogP contribution in [0.4, 0.5) is 5.82 Å². The fourth-order valence-electron chi connectivity index (χ4n) is 2.84. The predicted octanol–water partition coefficient (Wildman–Crippen LogP) is 3.79. The highest BCUT2D eigenvalue weighted by Crippen LogP contribution is 2.24. The molecule has 6 heteroatoms. The lowest BCUT2D eigenvalue weighted by Crippen LogP contribution is -2.09. The summed E-state index contributed by atoms with van der Waals surface area (Å²) in [6.07, 6.45) is 0. The fraction of sp³-hybridized carbons (Fsp3) is 0.111. The Morgan fingerprint density at radius 3 is 2.54 bits per heavy atom. The number of anilines is 1. The lowest BCUT2D eigenvalue weighted by Gasteiger charge is -2.08. The number of nitrogens with zero attached hydrogens (tertiary/aromatic N) is 4. The van der Waals surface area contributed by atoms with Crippen LogP contribution in [0.5, 0.6) is 0 Å². The molecule has 3 heterocycles. The molecule has 0 spiro atoms. The molecule has 0 aliphatic heterocycles. The number of nitrogen functional groups attached to an aromatic ring is 1. The monoisotopic (exact) mass is 337 g/mol. The molecule has 4 rings (SSSR count). The number of rotatable bonds is 3. The van der Waals surface area contributed by atoms with E-state index in [0.29, 0.717) is 17.4 Å². The summed E-state index contributed by atoms with van der Waals surface area (Å²) in [5.41, 5.74) is 10.7. The van der Waals surface area contributed by atoms with Crippen molar-refractivity contribution >= 4 is 22.9 Å². The van der Waals surface area contributed by atoms with Crippen LogP contribution in [0.3, 0.4) is 0 Å². The number of pyridine rings is 1. The van der Waals surface area contributed by atoms with Gasteiger partial charge in [0, 0.05) is 22.3 Å². The number of halogens is 1. The Labute approximate surface area is 144 Å². The smallest absolute Gasteiger partial charge is 0.145 e. The molecule has 0 aliphatic carbocycles. The second kappa shape index (κ2) is 5.69. The highest BCUT2D eigenvalue weighted by atomic mass is 35.5. The highest BCUT2D eigenvalue weighted by molar-refractivity contribution is 6.31. The molecule has 0 radical (unpaired) electrons. The Morgan fingerprint density at radius 2 is 1.83 bits per heavy atom. The Morgan fingerprint density at radius 1 is 1.04 bits per heavy atom. The first-order valence-corrected chi connectivity index (χ1v) is 8.01. The van der Waals surface area contributed by atoms with Gasteiger partial charge in [-0.05, 0) is 25.1 Å². The van der Waals surface area contributed by atoms with Gasteiger partial charge in [-0.15, -0.1) is 0 Å². The fourth-order valence-corrected chi connectivity index (χ4v) is 3.08. The molecule has 3 aromatic heterocycles. The van der Waals surface area contributed by atoms with Crippen molar-refractivity contribution in [2.45, 2.75) is 13.5 Å². The number of hydrogen-bond acceptors (Lipinski definition) is 3. The summed E-state index contributed by atoms with van der Waals surface area (Å²) in [7, 11) is 0. The summed E-state index contributed by atoms with van der Waals surface area (Å²) >= 11 is 6.29. The first kappa shape index (κ1) is 14.8. The maximum atomic E-state index is 6.29. The SMILES string of the molecule is Cc1cc(N)nn1Cc1cc(Cl)cc2cc(-c3ccccc3)nn12. The molecule has 2 N–H and O–H groups in total. The van der Waals surface area contributed by atoms with Gasteiger partial charge in [0.2, 0.25) is 0 Å². The van der Waals surface area contributed by atoms with Gasteiger partial charge in [-0.25, -0.2) is 4.52 Å². The summed E-state index contributed by atoms with van der Waals surface area (Å²) in [5.74, 6) is 0.510. The number of benzene rings is 1. The Hall–Kier alpha value is -2.79. The van der Waals surface area contributed by atoms with Crippen molar-refractivity contribution in [3.63, 3.8) is 0 Å². The molecule has 1 aromatic carbocycles. The van der Waals surface area contributed by atoms with E-state index in [4.69, 9.17) is 22.4 Å². The molecule has 0 amide bonds. The Bertz CT molecular complexity index is 1020. The van der Waals surface area contributed by atoms with Crippen LogP contribution in [0, 0.1) is 6.92 Å². The Balaban J connectivity index is 1.83. The average molecular weight is 338 g/mol. The van der Waals surface area contributed by atoms with Crippen LogP contribution in [-0.2, 0) is 6.54 Å². The van der Waals surface area contributed by atoms with Gasteiger partial charge in [0.1, 0.15) is 5.82 Å². The van der Waals surface area contributed by atoms with Gasteiger partial charge >= 0.3 is 0 Å². The zero-order valence-corrected chi connectivity index (χ0v) is 13.9. The molecule has 0 bridgehead atoms. The lowest BCUT2D eigenvalue weighted by atomic mass is 10.1. The van der Waals surface area contributed by atoms with Crippen molar-refractivity contribution in [2.75, 3.05) is 5.73 Å². The Kier molecular flexibility index (Phi) is 3.50. The quantitative estimate of drug-likeness (QED) is 0.618. The van der Waals surface area contributed by atoms with Crippen LogP contribution >= 0.6 is 11.6 Å². The van der Waals surface area contributed by atoms with E-state index < -0.39 is 0 Å². The third-order valence-electron chi connectivity index (χ3n) is 3.98. The van der Waals surface area contributed by atoms with E-state index in [1.165, 1.54) is 0 Å². The van der Waals surface area contributed by atoms with Crippen molar-refractivity contribution in [2.24, 2.45) is 0 Å². The summed E-state index contributed by atoms with van der Waals surface area (Å²) in [4.78, 5) is 0. The predicted molar refractivity (Wildman–Crippen MR) is 96.1 cm³/mol. The van der Waals surface area contributed by atoms with Gasteiger partial charge in [0.25, 0.3) is 0 Å². The van der Waals surface area contributed by atoms with E-state index in [1.807, 2.05) is 70.7 Å². The second-order valence-electron chi connectivity index (χ2n) is 5.77.